The molecule has 5 aromatic carbocycles. The van der Waals surface area contributed by atoms with Crippen LogP contribution in [0.2, 0.25) is 0 Å². The summed E-state index contributed by atoms with van der Waals surface area (Å²) in [5, 5.41) is 2.52. The van der Waals surface area contributed by atoms with Gasteiger partial charge in [0, 0.05) is 21.9 Å². The van der Waals surface area contributed by atoms with Crippen molar-refractivity contribution in [3.8, 4) is 33.4 Å². The summed E-state index contributed by atoms with van der Waals surface area (Å²) < 4.78 is 0. The molecule has 6 rings (SSSR count). The molecular formula is C32H25N. The lowest BCUT2D eigenvalue weighted by molar-refractivity contribution is 1.47. The van der Waals surface area contributed by atoms with Crippen LogP contribution in [-0.4, -0.2) is 4.98 Å². The molecule has 0 amide bonds. The number of nitrogens with one attached hydrogen (secondary N) is 1. The van der Waals surface area contributed by atoms with Gasteiger partial charge in [-0.25, -0.2) is 0 Å². The zero-order valence-electron chi connectivity index (χ0n) is 18.9. The van der Waals surface area contributed by atoms with E-state index in [1.165, 1.54) is 66.3 Å². The molecule has 158 valence electrons. The fourth-order valence-electron chi connectivity index (χ4n) is 4.68. The average molecular weight is 424 g/mol. The van der Waals surface area contributed by atoms with E-state index in [4.69, 9.17) is 0 Å². The van der Waals surface area contributed by atoms with Crippen molar-refractivity contribution in [1.29, 1.82) is 0 Å². The molecule has 33 heavy (non-hydrogen) atoms. The summed E-state index contributed by atoms with van der Waals surface area (Å²) in [4.78, 5) is 3.72. The second-order valence-corrected chi connectivity index (χ2v) is 8.93. The Morgan fingerprint density at radius 3 is 1.70 bits per heavy atom. The number of aromatic nitrogens is 1. The first-order chi connectivity index (χ1) is 16.2. The van der Waals surface area contributed by atoms with Gasteiger partial charge in [-0.2, -0.15) is 0 Å². The molecule has 0 aliphatic rings. The van der Waals surface area contributed by atoms with Crippen LogP contribution < -0.4 is 0 Å². The fraction of sp³-hybridized carbons (Fsp3) is 0.0625. The van der Waals surface area contributed by atoms with Crippen molar-refractivity contribution in [3.05, 3.63) is 120 Å². The molecule has 0 bridgehead atoms. The highest BCUT2D eigenvalue weighted by Crippen LogP contribution is 2.38. The van der Waals surface area contributed by atoms with E-state index in [-0.39, 0.29) is 0 Å². The van der Waals surface area contributed by atoms with Crippen molar-refractivity contribution in [3.63, 3.8) is 0 Å². The maximum absolute atomic E-state index is 3.72. The lowest BCUT2D eigenvalue weighted by atomic mass is 9.94. The quantitative estimate of drug-likeness (QED) is 0.292. The molecule has 1 aromatic heterocycles. The third-order valence-corrected chi connectivity index (χ3v) is 6.56. The Balaban J connectivity index is 1.63. The molecule has 0 saturated carbocycles. The Hall–Kier alpha value is -4.10. The molecule has 1 N–H and O–H groups in total. The number of aromatic amines is 1. The number of H-pyrrole nitrogens is 1. The lowest BCUT2D eigenvalue weighted by Crippen LogP contribution is -1.85. The molecule has 0 spiro atoms. The van der Waals surface area contributed by atoms with E-state index in [1.807, 2.05) is 0 Å². The second kappa shape index (κ2) is 7.79. The minimum atomic E-state index is 1.17. The number of aryl methyl sites for hydroxylation is 2. The predicted molar refractivity (Wildman–Crippen MR) is 142 cm³/mol. The molecule has 6 aromatic rings. The first-order valence-electron chi connectivity index (χ1n) is 11.4. The Morgan fingerprint density at radius 1 is 0.455 bits per heavy atom. The van der Waals surface area contributed by atoms with Crippen molar-refractivity contribution in [2.45, 2.75) is 13.8 Å². The van der Waals surface area contributed by atoms with Crippen LogP contribution in [0.25, 0.3) is 55.2 Å². The van der Waals surface area contributed by atoms with Crippen LogP contribution in [0.4, 0.5) is 0 Å². The van der Waals surface area contributed by atoms with Gasteiger partial charge in [-0.3, -0.25) is 0 Å². The summed E-state index contributed by atoms with van der Waals surface area (Å²) in [6.45, 7) is 4.26. The van der Waals surface area contributed by atoms with E-state index in [0.717, 1.165) is 0 Å². The van der Waals surface area contributed by atoms with Gasteiger partial charge in [-0.05, 0) is 65.9 Å². The Bertz CT molecular complexity index is 1590. The van der Waals surface area contributed by atoms with Gasteiger partial charge in [0.1, 0.15) is 0 Å². The number of rotatable bonds is 3. The highest BCUT2D eigenvalue weighted by atomic mass is 14.7. The first kappa shape index (κ1) is 19.6. The van der Waals surface area contributed by atoms with Gasteiger partial charge >= 0.3 is 0 Å². The number of hydrogen-bond donors (Lipinski definition) is 1. The molecule has 0 unspecified atom stereocenters. The summed E-state index contributed by atoms with van der Waals surface area (Å²) >= 11 is 0. The molecule has 0 radical (unpaired) electrons. The Labute approximate surface area is 194 Å². The van der Waals surface area contributed by atoms with E-state index >= 15 is 0 Å². The van der Waals surface area contributed by atoms with Crippen molar-refractivity contribution >= 4 is 21.8 Å². The van der Waals surface area contributed by atoms with Gasteiger partial charge in [0.15, 0.2) is 0 Å². The third kappa shape index (κ3) is 3.52. The van der Waals surface area contributed by atoms with Crippen molar-refractivity contribution in [2.24, 2.45) is 0 Å². The van der Waals surface area contributed by atoms with Gasteiger partial charge in [0.25, 0.3) is 0 Å². The highest BCUT2D eigenvalue weighted by molar-refractivity contribution is 6.14. The maximum Gasteiger partial charge on any atom is 0.0544 e. The number of benzene rings is 5. The van der Waals surface area contributed by atoms with Gasteiger partial charge in [0.2, 0.25) is 0 Å². The normalized spacial score (nSPS) is 11.3. The fourth-order valence-corrected chi connectivity index (χ4v) is 4.68. The van der Waals surface area contributed by atoms with Crippen LogP contribution in [0.15, 0.2) is 109 Å². The molecular weight excluding hydrogens is 398 g/mol. The topological polar surface area (TPSA) is 15.8 Å². The minimum absolute atomic E-state index is 1.17. The Kier molecular flexibility index (Phi) is 4.62. The summed E-state index contributed by atoms with van der Waals surface area (Å²) in [7, 11) is 0. The Morgan fingerprint density at radius 2 is 1.03 bits per heavy atom. The van der Waals surface area contributed by atoms with Gasteiger partial charge in [-0.15, -0.1) is 0 Å². The number of fused-ring (bicyclic) bond motifs is 3. The summed E-state index contributed by atoms with van der Waals surface area (Å²) in [6.07, 6.45) is 0. The van der Waals surface area contributed by atoms with E-state index in [9.17, 15) is 0 Å². The van der Waals surface area contributed by atoms with Crippen LogP contribution in [0.5, 0.6) is 0 Å². The van der Waals surface area contributed by atoms with Gasteiger partial charge in [0.05, 0.1) is 5.52 Å². The zero-order chi connectivity index (χ0) is 22.4. The molecule has 1 nitrogen and oxygen atoms in total. The average Bonchev–Trinajstić information content (AvgIpc) is 3.23. The summed E-state index contributed by atoms with van der Waals surface area (Å²) in [6, 6.07) is 39.7. The summed E-state index contributed by atoms with van der Waals surface area (Å²) in [5.74, 6) is 0. The van der Waals surface area contributed by atoms with E-state index in [2.05, 4.69) is 128 Å². The molecule has 0 atom stereocenters. The van der Waals surface area contributed by atoms with Crippen molar-refractivity contribution in [1.82, 2.24) is 4.98 Å². The van der Waals surface area contributed by atoms with Crippen LogP contribution in [0, 0.1) is 13.8 Å². The third-order valence-electron chi connectivity index (χ3n) is 6.56. The molecule has 0 fully saturated rings. The largest absolute Gasteiger partial charge is 0.354 e. The second-order valence-electron chi connectivity index (χ2n) is 8.93. The maximum atomic E-state index is 3.72. The predicted octanol–water partition coefficient (Wildman–Crippen LogP) is 8.94. The standard InChI is InChI=1S/C32H25N/c1-21-8-12-23(13-9-21)26-16-17-31-29(18-26)30-20-27(24-14-10-22(2)11-15-24)19-28(32(30)33-31)25-6-4-3-5-7-25/h3-20,33H,1-2H3. The summed E-state index contributed by atoms with van der Waals surface area (Å²) in [5.41, 5.74) is 12.3. The minimum Gasteiger partial charge on any atom is -0.354 e. The van der Waals surface area contributed by atoms with E-state index in [1.54, 1.807) is 0 Å². The smallest absolute Gasteiger partial charge is 0.0544 e. The van der Waals surface area contributed by atoms with Gasteiger partial charge < -0.3 is 4.98 Å². The molecule has 0 saturated heterocycles. The van der Waals surface area contributed by atoms with Crippen LogP contribution >= 0.6 is 0 Å². The SMILES string of the molecule is Cc1ccc(-c2ccc3[nH]c4c(-c5ccccc5)cc(-c5ccc(C)cc5)cc4c3c2)cc1. The van der Waals surface area contributed by atoms with Crippen LogP contribution in [-0.2, 0) is 0 Å². The number of hydrogen-bond acceptors (Lipinski definition) is 0. The molecule has 1 heteroatoms. The molecule has 0 aliphatic heterocycles. The van der Waals surface area contributed by atoms with Crippen LogP contribution in [0.3, 0.4) is 0 Å². The van der Waals surface area contributed by atoms with Crippen LogP contribution in [0.1, 0.15) is 11.1 Å². The molecule has 0 aliphatic carbocycles. The van der Waals surface area contributed by atoms with E-state index in [0.29, 0.717) is 0 Å². The van der Waals surface area contributed by atoms with Crippen molar-refractivity contribution in [2.75, 3.05) is 0 Å². The van der Waals surface area contributed by atoms with Crippen molar-refractivity contribution < 1.29 is 0 Å². The van der Waals surface area contributed by atoms with Gasteiger partial charge in [-0.1, -0.05) is 96.1 Å². The monoisotopic (exact) mass is 423 g/mol. The zero-order valence-corrected chi connectivity index (χ0v) is 18.9. The highest BCUT2D eigenvalue weighted by Gasteiger charge is 2.14. The lowest BCUT2D eigenvalue weighted by Gasteiger charge is -2.09. The van der Waals surface area contributed by atoms with E-state index < -0.39 is 0 Å². The molecule has 1 heterocycles. The first-order valence-corrected chi connectivity index (χ1v) is 11.4.